The Morgan fingerprint density at radius 3 is 2.70 bits per heavy atom. The second-order valence-electron chi connectivity index (χ2n) is 4.77. The monoisotopic (exact) mass is 360 g/mol. The maximum atomic E-state index is 9.54. The van der Waals surface area contributed by atoms with Crippen molar-refractivity contribution in [2.75, 3.05) is 0 Å². The molecule has 0 saturated carbocycles. The lowest BCUT2D eigenvalue weighted by molar-refractivity contribution is 1.10. The molecule has 0 saturated heterocycles. The van der Waals surface area contributed by atoms with E-state index in [4.69, 9.17) is 23.2 Å². The summed E-state index contributed by atoms with van der Waals surface area (Å²) in [5, 5.41) is 16.3. The van der Waals surface area contributed by atoms with Gasteiger partial charge in [-0.05, 0) is 41.8 Å². The first-order valence-electron chi connectivity index (χ1n) is 6.62. The van der Waals surface area contributed by atoms with Crippen LogP contribution in [-0.4, -0.2) is 9.97 Å². The Hall–Kier alpha value is -2.00. The number of aryl methyl sites for hydroxylation is 1. The SMILES string of the molecule is Cc1cnc(Cl)nc1C(C#N)=C1NC(c2ccc(Cl)cc2)=CS1. The fourth-order valence-electron chi connectivity index (χ4n) is 2.08. The average molecular weight is 361 g/mol. The number of halogens is 2. The molecule has 1 aromatic heterocycles. The number of benzene rings is 1. The Labute approximate surface area is 147 Å². The lowest BCUT2D eigenvalue weighted by Gasteiger charge is -2.09. The van der Waals surface area contributed by atoms with Crippen molar-refractivity contribution in [2.45, 2.75) is 6.92 Å². The Bertz CT molecular complexity index is 867. The van der Waals surface area contributed by atoms with Gasteiger partial charge in [0.15, 0.2) is 0 Å². The molecule has 0 aliphatic carbocycles. The van der Waals surface area contributed by atoms with Crippen molar-refractivity contribution in [1.82, 2.24) is 15.3 Å². The van der Waals surface area contributed by atoms with Gasteiger partial charge >= 0.3 is 0 Å². The minimum absolute atomic E-state index is 0.118. The molecule has 0 unspecified atom stereocenters. The predicted octanol–water partition coefficient (Wildman–Crippen LogP) is 4.62. The summed E-state index contributed by atoms with van der Waals surface area (Å²) in [4.78, 5) is 8.10. The molecule has 0 fully saturated rings. The quantitative estimate of drug-likeness (QED) is 0.625. The van der Waals surface area contributed by atoms with Crippen molar-refractivity contribution in [3.05, 3.63) is 68.0 Å². The van der Waals surface area contributed by atoms with Gasteiger partial charge in [-0.15, -0.1) is 0 Å². The van der Waals surface area contributed by atoms with E-state index in [1.807, 2.05) is 36.6 Å². The fraction of sp³-hybridized carbons (Fsp3) is 0.0625. The van der Waals surface area contributed by atoms with Gasteiger partial charge in [-0.25, -0.2) is 9.97 Å². The van der Waals surface area contributed by atoms with Crippen molar-refractivity contribution in [3.8, 4) is 6.07 Å². The number of hydrogen-bond acceptors (Lipinski definition) is 5. The van der Waals surface area contributed by atoms with Crippen LogP contribution >= 0.6 is 35.0 Å². The smallest absolute Gasteiger partial charge is 0.222 e. The van der Waals surface area contributed by atoms with Crippen LogP contribution in [0.1, 0.15) is 16.8 Å². The van der Waals surface area contributed by atoms with Crippen LogP contribution in [0, 0.1) is 18.3 Å². The molecule has 7 heteroatoms. The molecular formula is C16H10Cl2N4S. The zero-order valence-electron chi connectivity index (χ0n) is 12.0. The Morgan fingerprint density at radius 1 is 1.26 bits per heavy atom. The molecular weight excluding hydrogens is 351 g/mol. The van der Waals surface area contributed by atoms with E-state index in [-0.39, 0.29) is 5.28 Å². The highest BCUT2D eigenvalue weighted by Gasteiger charge is 2.20. The molecule has 1 aromatic carbocycles. The van der Waals surface area contributed by atoms with E-state index in [0.29, 0.717) is 16.3 Å². The number of rotatable bonds is 2. The van der Waals surface area contributed by atoms with Crippen LogP contribution in [0.3, 0.4) is 0 Å². The molecule has 0 radical (unpaired) electrons. The first kappa shape index (κ1) is 15.9. The topological polar surface area (TPSA) is 61.6 Å². The molecule has 114 valence electrons. The van der Waals surface area contributed by atoms with Crippen LogP contribution < -0.4 is 5.32 Å². The standard InChI is InChI=1S/C16H10Cl2N4S/c1-9-7-20-16(18)22-14(9)12(6-19)15-21-13(8-23-15)10-2-4-11(17)5-3-10/h2-5,7-8,21H,1H3. The molecule has 0 amide bonds. The van der Waals surface area contributed by atoms with Crippen LogP contribution in [-0.2, 0) is 0 Å². The molecule has 1 aliphatic heterocycles. The molecule has 4 nitrogen and oxygen atoms in total. The van der Waals surface area contributed by atoms with Crippen molar-refractivity contribution in [3.63, 3.8) is 0 Å². The first-order chi connectivity index (χ1) is 11.1. The average Bonchev–Trinajstić information content (AvgIpc) is 3.02. The molecule has 0 bridgehead atoms. The number of thioether (sulfide) groups is 1. The lowest BCUT2D eigenvalue weighted by atomic mass is 10.1. The third-order valence-corrected chi connectivity index (χ3v) is 4.55. The molecule has 23 heavy (non-hydrogen) atoms. The first-order valence-corrected chi connectivity index (χ1v) is 8.25. The number of aromatic nitrogens is 2. The van der Waals surface area contributed by atoms with Gasteiger partial charge in [0.2, 0.25) is 5.28 Å². The van der Waals surface area contributed by atoms with Gasteiger partial charge in [-0.2, -0.15) is 5.26 Å². The van der Waals surface area contributed by atoms with Crippen molar-refractivity contribution in [1.29, 1.82) is 5.26 Å². The Morgan fingerprint density at radius 2 is 2.00 bits per heavy atom. The van der Waals surface area contributed by atoms with Gasteiger partial charge in [0.1, 0.15) is 11.6 Å². The van der Waals surface area contributed by atoms with Gasteiger partial charge in [0.25, 0.3) is 0 Å². The maximum Gasteiger partial charge on any atom is 0.222 e. The molecule has 3 rings (SSSR count). The highest BCUT2D eigenvalue weighted by molar-refractivity contribution is 8.06. The van der Waals surface area contributed by atoms with Gasteiger partial charge in [0, 0.05) is 16.6 Å². The minimum Gasteiger partial charge on any atom is -0.348 e. The minimum atomic E-state index is 0.118. The van der Waals surface area contributed by atoms with E-state index < -0.39 is 0 Å². The third kappa shape index (κ3) is 3.35. The highest BCUT2D eigenvalue weighted by Crippen LogP contribution is 2.35. The summed E-state index contributed by atoms with van der Waals surface area (Å²) in [5.74, 6) is 0. The van der Waals surface area contributed by atoms with E-state index in [9.17, 15) is 5.26 Å². The Balaban J connectivity index is 1.95. The van der Waals surface area contributed by atoms with Crippen molar-refractivity contribution < 1.29 is 0 Å². The highest BCUT2D eigenvalue weighted by atomic mass is 35.5. The summed E-state index contributed by atoms with van der Waals surface area (Å²) in [6.45, 7) is 1.84. The van der Waals surface area contributed by atoms with E-state index in [0.717, 1.165) is 21.9 Å². The molecule has 0 atom stereocenters. The van der Waals surface area contributed by atoms with E-state index in [1.165, 1.54) is 11.8 Å². The van der Waals surface area contributed by atoms with E-state index in [2.05, 4.69) is 21.4 Å². The summed E-state index contributed by atoms with van der Waals surface area (Å²) < 4.78 is 0. The van der Waals surface area contributed by atoms with Gasteiger partial charge in [-0.3, -0.25) is 0 Å². The molecule has 1 aliphatic rings. The van der Waals surface area contributed by atoms with Crippen LogP contribution in [0.2, 0.25) is 10.3 Å². The normalized spacial score (nSPS) is 15.7. The largest absolute Gasteiger partial charge is 0.348 e. The second kappa shape index (κ2) is 6.63. The summed E-state index contributed by atoms with van der Waals surface area (Å²) in [5.41, 5.74) is 3.67. The van der Waals surface area contributed by atoms with E-state index in [1.54, 1.807) is 6.20 Å². The number of nitrogens with zero attached hydrogens (tertiary/aromatic N) is 3. The second-order valence-corrected chi connectivity index (χ2v) is 6.42. The Kier molecular flexibility index (Phi) is 4.58. The van der Waals surface area contributed by atoms with Crippen molar-refractivity contribution >= 4 is 46.2 Å². The summed E-state index contributed by atoms with van der Waals surface area (Å²) in [7, 11) is 0. The summed E-state index contributed by atoms with van der Waals surface area (Å²) >= 11 is 13.2. The zero-order chi connectivity index (χ0) is 16.4. The van der Waals surface area contributed by atoms with Crippen LogP contribution in [0.25, 0.3) is 11.3 Å². The number of nitrogens with one attached hydrogen (secondary N) is 1. The maximum absolute atomic E-state index is 9.54. The molecule has 1 N–H and O–H groups in total. The van der Waals surface area contributed by atoms with Crippen LogP contribution in [0.5, 0.6) is 0 Å². The van der Waals surface area contributed by atoms with E-state index >= 15 is 0 Å². The van der Waals surface area contributed by atoms with Gasteiger partial charge in [-0.1, -0.05) is 35.5 Å². The fourth-order valence-corrected chi connectivity index (χ4v) is 3.19. The zero-order valence-corrected chi connectivity index (χ0v) is 14.3. The number of allylic oxidation sites excluding steroid dienone is 1. The van der Waals surface area contributed by atoms with Crippen LogP contribution in [0.4, 0.5) is 0 Å². The predicted molar refractivity (Wildman–Crippen MR) is 94.5 cm³/mol. The van der Waals surface area contributed by atoms with Gasteiger partial charge < -0.3 is 5.32 Å². The lowest BCUT2D eigenvalue weighted by Crippen LogP contribution is -2.07. The molecule has 2 heterocycles. The summed E-state index contributed by atoms with van der Waals surface area (Å²) in [6.07, 6.45) is 1.61. The third-order valence-electron chi connectivity index (χ3n) is 3.22. The van der Waals surface area contributed by atoms with Crippen LogP contribution in [0.15, 0.2) is 40.9 Å². The molecule has 0 spiro atoms. The van der Waals surface area contributed by atoms with Crippen molar-refractivity contribution in [2.24, 2.45) is 0 Å². The number of nitriles is 1. The number of hydrogen-bond donors (Lipinski definition) is 1. The summed E-state index contributed by atoms with van der Waals surface area (Å²) in [6, 6.07) is 9.69. The van der Waals surface area contributed by atoms with Gasteiger partial charge in [0.05, 0.1) is 16.4 Å². The molecule has 2 aromatic rings.